The predicted molar refractivity (Wildman–Crippen MR) is 79.9 cm³/mol. The molecule has 20 heavy (non-hydrogen) atoms. The standard InChI is InChI=1S/C18H16O2/c1-20-18(19)17-8-4-7-15-10-13-5-2-3-6-14(9-13)11-16(17)12-15/h2-8,10-11H,9,12H2,1H3. The summed E-state index contributed by atoms with van der Waals surface area (Å²) in [6.07, 6.45) is 20.1. The molecule has 0 N–H and O–H groups in total. The van der Waals surface area contributed by atoms with Gasteiger partial charge in [0, 0.05) is 0 Å². The van der Waals surface area contributed by atoms with Crippen molar-refractivity contribution in [1.82, 2.24) is 0 Å². The lowest BCUT2D eigenvalue weighted by molar-refractivity contribution is -0.135. The van der Waals surface area contributed by atoms with Gasteiger partial charge in [-0.15, -0.1) is 0 Å². The number of carbonyl (C=O) groups excluding carboxylic acids is 1. The molecule has 0 unspecified atom stereocenters. The van der Waals surface area contributed by atoms with Crippen LogP contribution in [0.3, 0.4) is 0 Å². The Balaban J connectivity index is 2.12. The maximum absolute atomic E-state index is 11.9. The largest absolute Gasteiger partial charge is 0.465 e. The molecule has 0 aromatic carbocycles. The van der Waals surface area contributed by atoms with Crippen LogP contribution in [0.2, 0.25) is 0 Å². The van der Waals surface area contributed by atoms with Crippen LogP contribution in [0, 0.1) is 0 Å². The van der Waals surface area contributed by atoms with Gasteiger partial charge in [0.1, 0.15) is 0 Å². The van der Waals surface area contributed by atoms with Crippen LogP contribution >= 0.6 is 0 Å². The first-order chi connectivity index (χ1) is 9.76. The lowest BCUT2D eigenvalue weighted by atomic mass is 9.91. The number of allylic oxidation sites excluding steroid dienone is 12. The van der Waals surface area contributed by atoms with Gasteiger partial charge in [-0.3, -0.25) is 0 Å². The molecule has 0 aromatic rings. The molecule has 2 heteroatoms. The van der Waals surface area contributed by atoms with Crippen molar-refractivity contribution in [3.8, 4) is 0 Å². The summed E-state index contributed by atoms with van der Waals surface area (Å²) < 4.78 is 4.89. The molecule has 0 amide bonds. The van der Waals surface area contributed by atoms with Gasteiger partial charge in [-0.1, -0.05) is 48.6 Å². The van der Waals surface area contributed by atoms with E-state index in [0.29, 0.717) is 5.57 Å². The second-order valence-electron chi connectivity index (χ2n) is 5.04. The normalized spacial score (nSPS) is 20.1. The first-order valence-electron chi connectivity index (χ1n) is 6.71. The van der Waals surface area contributed by atoms with Crippen molar-refractivity contribution in [2.75, 3.05) is 7.11 Å². The van der Waals surface area contributed by atoms with E-state index in [1.165, 1.54) is 23.8 Å². The Morgan fingerprint density at radius 3 is 2.45 bits per heavy atom. The van der Waals surface area contributed by atoms with Crippen molar-refractivity contribution in [2.45, 2.75) is 12.8 Å². The second-order valence-corrected chi connectivity index (χ2v) is 5.04. The molecule has 0 atom stereocenters. The van der Waals surface area contributed by atoms with Gasteiger partial charge < -0.3 is 4.74 Å². The zero-order chi connectivity index (χ0) is 13.9. The first-order valence-corrected chi connectivity index (χ1v) is 6.71. The second kappa shape index (κ2) is 5.33. The fourth-order valence-electron chi connectivity index (χ4n) is 2.66. The Bertz CT molecular complexity index is 662. The van der Waals surface area contributed by atoms with Crippen LogP contribution in [0.5, 0.6) is 0 Å². The Labute approximate surface area is 118 Å². The minimum absolute atomic E-state index is 0.275. The first kappa shape index (κ1) is 12.7. The molecular weight excluding hydrogens is 248 g/mol. The third-order valence-electron chi connectivity index (χ3n) is 3.59. The summed E-state index contributed by atoms with van der Waals surface area (Å²) in [5.41, 5.74) is 5.39. The zero-order valence-corrected chi connectivity index (χ0v) is 11.4. The van der Waals surface area contributed by atoms with Gasteiger partial charge in [0.2, 0.25) is 0 Å². The maximum atomic E-state index is 11.9. The molecular formula is C18H16O2. The molecule has 4 bridgehead atoms. The molecule has 0 fully saturated rings. The smallest absolute Gasteiger partial charge is 0.338 e. The molecule has 0 spiro atoms. The lowest BCUT2D eigenvalue weighted by Gasteiger charge is -2.15. The third-order valence-corrected chi connectivity index (χ3v) is 3.59. The molecule has 0 saturated carbocycles. The minimum Gasteiger partial charge on any atom is -0.465 e. The third kappa shape index (κ3) is 2.50. The zero-order valence-electron chi connectivity index (χ0n) is 11.4. The summed E-state index contributed by atoms with van der Waals surface area (Å²) in [6, 6.07) is 0. The average Bonchev–Trinajstić information content (AvgIpc) is 2.77. The molecule has 0 radical (unpaired) electrons. The van der Waals surface area contributed by atoms with E-state index in [2.05, 4.69) is 36.5 Å². The van der Waals surface area contributed by atoms with E-state index in [0.717, 1.165) is 18.4 Å². The molecule has 3 rings (SSSR count). The summed E-state index contributed by atoms with van der Waals surface area (Å²) in [4.78, 5) is 11.9. The quantitative estimate of drug-likeness (QED) is 0.675. The number of rotatable bonds is 1. The van der Waals surface area contributed by atoms with Crippen LogP contribution in [0.1, 0.15) is 12.8 Å². The van der Waals surface area contributed by atoms with Gasteiger partial charge >= 0.3 is 5.97 Å². The summed E-state index contributed by atoms with van der Waals surface area (Å²) in [7, 11) is 1.42. The van der Waals surface area contributed by atoms with E-state index in [4.69, 9.17) is 4.74 Å². The Morgan fingerprint density at radius 1 is 0.950 bits per heavy atom. The van der Waals surface area contributed by atoms with E-state index in [1.54, 1.807) is 0 Å². The molecule has 3 aliphatic carbocycles. The average molecular weight is 264 g/mol. The van der Waals surface area contributed by atoms with Crippen molar-refractivity contribution in [3.63, 3.8) is 0 Å². The molecule has 0 heterocycles. The van der Waals surface area contributed by atoms with Gasteiger partial charge in [0.15, 0.2) is 0 Å². The summed E-state index contributed by atoms with van der Waals surface area (Å²) >= 11 is 0. The molecule has 100 valence electrons. The highest BCUT2D eigenvalue weighted by Gasteiger charge is 2.19. The van der Waals surface area contributed by atoms with E-state index >= 15 is 0 Å². The van der Waals surface area contributed by atoms with Crippen LogP contribution in [-0.4, -0.2) is 13.1 Å². The van der Waals surface area contributed by atoms with Crippen molar-refractivity contribution >= 4 is 5.97 Å². The number of ether oxygens (including phenoxy) is 1. The van der Waals surface area contributed by atoms with Gasteiger partial charge in [-0.2, -0.15) is 0 Å². The van der Waals surface area contributed by atoms with E-state index in [-0.39, 0.29) is 5.97 Å². The van der Waals surface area contributed by atoms with Crippen LogP contribution < -0.4 is 0 Å². The van der Waals surface area contributed by atoms with Gasteiger partial charge in [0.25, 0.3) is 0 Å². The SMILES string of the molecule is COC(=O)C1=CC=CC2=CC3=CC=CC=C(C=C1C2)C3. The van der Waals surface area contributed by atoms with Crippen molar-refractivity contribution in [2.24, 2.45) is 0 Å². The topological polar surface area (TPSA) is 26.3 Å². The molecule has 3 aliphatic rings. The fourth-order valence-corrected chi connectivity index (χ4v) is 2.66. The van der Waals surface area contributed by atoms with Crippen LogP contribution in [0.15, 0.2) is 82.5 Å². The fraction of sp³-hybridized carbons (Fsp3) is 0.167. The molecule has 2 nitrogen and oxygen atoms in total. The summed E-state index contributed by atoms with van der Waals surface area (Å²) in [6.45, 7) is 0. The highest BCUT2D eigenvalue weighted by atomic mass is 16.5. The molecule has 0 saturated heterocycles. The van der Waals surface area contributed by atoms with Crippen LogP contribution in [0.25, 0.3) is 0 Å². The molecule has 0 aliphatic heterocycles. The summed E-state index contributed by atoms with van der Waals surface area (Å²) in [5, 5.41) is 0. The summed E-state index contributed by atoms with van der Waals surface area (Å²) in [5.74, 6) is -0.275. The number of hydrogen-bond acceptors (Lipinski definition) is 2. The number of hydrogen-bond donors (Lipinski definition) is 0. The lowest BCUT2D eigenvalue weighted by Crippen LogP contribution is -2.08. The Hall–Kier alpha value is -2.35. The highest BCUT2D eigenvalue weighted by molar-refractivity contribution is 5.94. The maximum Gasteiger partial charge on any atom is 0.338 e. The Kier molecular flexibility index (Phi) is 3.38. The van der Waals surface area contributed by atoms with Gasteiger partial charge in [-0.25, -0.2) is 4.79 Å². The van der Waals surface area contributed by atoms with Crippen LogP contribution in [-0.2, 0) is 9.53 Å². The van der Waals surface area contributed by atoms with Gasteiger partial charge in [0.05, 0.1) is 12.7 Å². The number of fused-ring (bicyclic) bond motifs is 4. The Morgan fingerprint density at radius 2 is 1.70 bits per heavy atom. The van der Waals surface area contributed by atoms with Crippen molar-refractivity contribution in [1.29, 1.82) is 0 Å². The number of methoxy groups -OCH3 is 1. The minimum atomic E-state index is -0.275. The van der Waals surface area contributed by atoms with Crippen LogP contribution in [0.4, 0.5) is 0 Å². The molecule has 0 aromatic heterocycles. The monoisotopic (exact) mass is 264 g/mol. The number of esters is 1. The highest BCUT2D eigenvalue weighted by Crippen LogP contribution is 2.31. The van der Waals surface area contributed by atoms with E-state index in [1.807, 2.05) is 18.2 Å². The number of carbonyl (C=O) groups is 1. The van der Waals surface area contributed by atoms with E-state index < -0.39 is 0 Å². The van der Waals surface area contributed by atoms with Gasteiger partial charge in [-0.05, 0) is 41.2 Å². The predicted octanol–water partition coefficient (Wildman–Crippen LogP) is 3.72. The van der Waals surface area contributed by atoms with Crippen molar-refractivity contribution < 1.29 is 9.53 Å². The van der Waals surface area contributed by atoms with E-state index in [9.17, 15) is 4.79 Å². The van der Waals surface area contributed by atoms with Crippen molar-refractivity contribution in [3.05, 3.63) is 82.5 Å².